The molecule has 0 aliphatic carbocycles. The molecule has 1 heterocycles. The summed E-state index contributed by atoms with van der Waals surface area (Å²) in [6.45, 7) is 8.37. The zero-order valence-electron chi connectivity index (χ0n) is 15.0. The lowest BCUT2D eigenvalue weighted by Gasteiger charge is -2.32. The first-order valence-corrected chi connectivity index (χ1v) is 8.52. The maximum Gasteiger partial charge on any atom is 0.490 e. The van der Waals surface area contributed by atoms with Crippen LogP contribution in [0.4, 0.5) is 0 Å². The Labute approximate surface area is 145 Å². The summed E-state index contributed by atoms with van der Waals surface area (Å²) in [5.74, 6) is 0. The smallest absolute Gasteiger partial charge is 0.400 e. The Kier molecular flexibility index (Phi) is 4.66. The van der Waals surface area contributed by atoms with Crippen molar-refractivity contribution in [2.45, 2.75) is 45.3 Å². The highest BCUT2D eigenvalue weighted by molar-refractivity contribution is 6.55. The first-order chi connectivity index (χ1) is 11.4. The van der Waals surface area contributed by atoms with Gasteiger partial charge >= 0.3 is 7.12 Å². The van der Waals surface area contributed by atoms with Gasteiger partial charge in [-0.15, -0.1) is 0 Å². The van der Waals surface area contributed by atoms with E-state index in [9.17, 15) is 0 Å². The lowest BCUT2D eigenvalue weighted by Crippen LogP contribution is -2.41. The van der Waals surface area contributed by atoms with Gasteiger partial charge in [-0.1, -0.05) is 66.7 Å². The highest BCUT2D eigenvalue weighted by Gasteiger charge is 2.52. The van der Waals surface area contributed by atoms with Gasteiger partial charge in [0.15, 0.2) is 0 Å². The number of benzene rings is 2. The summed E-state index contributed by atoms with van der Waals surface area (Å²) in [7, 11) is -0.324. The molecule has 3 heteroatoms. The molecule has 24 heavy (non-hydrogen) atoms. The molecule has 1 saturated heterocycles. The first kappa shape index (κ1) is 17.0. The fourth-order valence-electron chi connectivity index (χ4n) is 2.79. The number of rotatable bonds is 4. The highest BCUT2D eigenvalue weighted by atomic mass is 16.7. The summed E-state index contributed by atoms with van der Waals surface area (Å²) in [6.07, 6.45) is 3.00. The summed E-state index contributed by atoms with van der Waals surface area (Å²) in [4.78, 5) is 0. The van der Waals surface area contributed by atoms with Crippen molar-refractivity contribution in [1.82, 2.24) is 0 Å². The van der Waals surface area contributed by atoms with Gasteiger partial charge in [0, 0.05) is 0 Å². The molecule has 2 aromatic rings. The molecule has 0 spiro atoms. The van der Waals surface area contributed by atoms with Gasteiger partial charge in [0.05, 0.1) is 11.2 Å². The molecule has 0 atom stereocenters. The normalized spacial score (nSPS) is 19.5. The third-order valence-electron chi connectivity index (χ3n) is 4.96. The van der Waals surface area contributed by atoms with Crippen LogP contribution in [0.5, 0.6) is 0 Å². The number of hydrogen-bond donors (Lipinski definition) is 0. The van der Waals surface area contributed by atoms with Crippen molar-refractivity contribution >= 4 is 13.2 Å². The summed E-state index contributed by atoms with van der Waals surface area (Å²) in [5.41, 5.74) is 2.91. The van der Waals surface area contributed by atoms with Crippen LogP contribution in [-0.2, 0) is 15.7 Å². The standard InChI is InChI=1S/C21H25BO2/c1-20(2)21(3,4)24-22(23-20)19(15-17-11-7-5-8-12-17)16-18-13-9-6-10-14-18/h5-15H,16H2,1-4H3/b19-15+. The highest BCUT2D eigenvalue weighted by Crippen LogP contribution is 2.39. The van der Waals surface area contributed by atoms with Gasteiger partial charge in [0.1, 0.15) is 0 Å². The van der Waals surface area contributed by atoms with E-state index < -0.39 is 0 Å². The molecule has 124 valence electrons. The molecular weight excluding hydrogens is 295 g/mol. The molecule has 0 N–H and O–H groups in total. The van der Waals surface area contributed by atoms with Crippen LogP contribution in [0, 0.1) is 0 Å². The molecule has 1 aliphatic rings. The van der Waals surface area contributed by atoms with Crippen LogP contribution in [0.1, 0.15) is 38.8 Å². The predicted molar refractivity (Wildman–Crippen MR) is 101 cm³/mol. The molecule has 0 radical (unpaired) electrons. The van der Waals surface area contributed by atoms with Gasteiger partial charge in [-0.25, -0.2) is 0 Å². The summed E-state index contributed by atoms with van der Waals surface area (Å²) < 4.78 is 12.6. The third kappa shape index (κ3) is 3.63. The van der Waals surface area contributed by atoms with Crippen molar-refractivity contribution < 1.29 is 9.31 Å². The fourth-order valence-corrected chi connectivity index (χ4v) is 2.79. The molecule has 2 aromatic carbocycles. The predicted octanol–water partition coefficient (Wildman–Crippen LogP) is 4.94. The minimum atomic E-state index is -0.329. The van der Waals surface area contributed by atoms with E-state index in [0.29, 0.717) is 0 Å². The zero-order valence-corrected chi connectivity index (χ0v) is 15.0. The molecular formula is C21H25BO2. The maximum atomic E-state index is 6.28. The second kappa shape index (κ2) is 6.58. The average molecular weight is 320 g/mol. The lowest BCUT2D eigenvalue weighted by atomic mass is 9.74. The second-order valence-electron chi connectivity index (χ2n) is 7.38. The second-order valence-corrected chi connectivity index (χ2v) is 7.38. The SMILES string of the molecule is CC1(C)OB(/C(=C/c2ccccc2)Cc2ccccc2)OC1(C)C. The molecule has 0 unspecified atom stereocenters. The molecule has 0 amide bonds. The van der Waals surface area contributed by atoms with Crippen molar-refractivity contribution in [2.75, 3.05) is 0 Å². The van der Waals surface area contributed by atoms with Gasteiger partial charge < -0.3 is 9.31 Å². The summed E-state index contributed by atoms with van der Waals surface area (Å²) in [6, 6.07) is 20.8. The molecule has 0 aromatic heterocycles. The first-order valence-electron chi connectivity index (χ1n) is 8.52. The van der Waals surface area contributed by atoms with Crippen LogP contribution in [0.2, 0.25) is 0 Å². The van der Waals surface area contributed by atoms with Gasteiger partial charge in [-0.05, 0) is 50.7 Å². The molecule has 0 saturated carbocycles. The molecule has 1 fully saturated rings. The van der Waals surface area contributed by atoms with Gasteiger partial charge in [-0.2, -0.15) is 0 Å². The van der Waals surface area contributed by atoms with Crippen molar-refractivity contribution in [3.8, 4) is 0 Å². The van der Waals surface area contributed by atoms with Crippen molar-refractivity contribution in [3.63, 3.8) is 0 Å². The Morgan fingerprint density at radius 2 is 1.33 bits per heavy atom. The van der Waals surface area contributed by atoms with Crippen LogP contribution in [0.25, 0.3) is 6.08 Å². The van der Waals surface area contributed by atoms with Crippen LogP contribution in [0.15, 0.2) is 66.1 Å². The van der Waals surface area contributed by atoms with Gasteiger partial charge in [0.25, 0.3) is 0 Å². The van der Waals surface area contributed by atoms with Crippen LogP contribution < -0.4 is 0 Å². The third-order valence-corrected chi connectivity index (χ3v) is 4.96. The van der Waals surface area contributed by atoms with E-state index in [0.717, 1.165) is 17.5 Å². The van der Waals surface area contributed by atoms with E-state index in [2.05, 4.69) is 82.3 Å². The maximum absolute atomic E-state index is 6.28. The Bertz CT molecular complexity index is 689. The Morgan fingerprint density at radius 1 is 0.833 bits per heavy atom. The topological polar surface area (TPSA) is 18.5 Å². The Balaban J connectivity index is 1.93. The van der Waals surface area contributed by atoms with Crippen molar-refractivity contribution in [3.05, 3.63) is 77.3 Å². The molecule has 3 rings (SSSR count). The number of allylic oxidation sites excluding steroid dienone is 1. The van der Waals surface area contributed by atoms with Gasteiger partial charge in [-0.3, -0.25) is 0 Å². The van der Waals surface area contributed by atoms with Crippen LogP contribution >= 0.6 is 0 Å². The zero-order chi connectivity index (χ0) is 17.2. The fraction of sp³-hybridized carbons (Fsp3) is 0.333. The van der Waals surface area contributed by atoms with E-state index >= 15 is 0 Å². The Hall–Kier alpha value is -1.84. The monoisotopic (exact) mass is 320 g/mol. The van der Waals surface area contributed by atoms with Crippen molar-refractivity contribution in [1.29, 1.82) is 0 Å². The van der Waals surface area contributed by atoms with E-state index in [1.54, 1.807) is 0 Å². The molecule has 0 bridgehead atoms. The van der Waals surface area contributed by atoms with E-state index in [-0.39, 0.29) is 18.3 Å². The van der Waals surface area contributed by atoms with Crippen molar-refractivity contribution in [2.24, 2.45) is 0 Å². The minimum Gasteiger partial charge on any atom is -0.400 e. The quantitative estimate of drug-likeness (QED) is 0.743. The average Bonchev–Trinajstić information content (AvgIpc) is 2.77. The van der Waals surface area contributed by atoms with E-state index in [1.807, 2.05) is 12.1 Å². The Morgan fingerprint density at radius 3 is 1.88 bits per heavy atom. The molecule has 1 aliphatic heterocycles. The number of hydrogen-bond acceptors (Lipinski definition) is 2. The van der Waals surface area contributed by atoms with Gasteiger partial charge in [0.2, 0.25) is 0 Å². The lowest BCUT2D eigenvalue weighted by molar-refractivity contribution is 0.00578. The van der Waals surface area contributed by atoms with Crippen LogP contribution in [-0.4, -0.2) is 18.3 Å². The van der Waals surface area contributed by atoms with E-state index in [4.69, 9.17) is 9.31 Å². The summed E-state index contributed by atoms with van der Waals surface area (Å²) >= 11 is 0. The van der Waals surface area contributed by atoms with Crippen LogP contribution in [0.3, 0.4) is 0 Å². The van der Waals surface area contributed by atoms with E-state index in [1.165, 1.54) is 5.56 Å². The largest absolute Gasteiger partial charge is 0.490 e. The molecule has 2 nitrogen and oxygen atoms in total. The minimum absolute atomic E-state index is 0.324. The summed E-state index contributed by atoms with van der Waals surface area (Å²) in [5, 5.41) is 0.